The fourth-order valence-electron chi connectivity index (χ4n) is 4.09. The summed E-state index contributed by atoms with van der Waals surface area (Å²) in [6.07, 6.45) is 1.74. The molecule has 1 aliphatic heterocycles. The molecule has 1 fully saturated rings. The molecule has 166 valence electrons. The molecule has 1 N–H and O–H groups in total. The van der Waals surface area contributed by atoms with Crippen molar-refractivity contribution in [1.82, 2.24) is 9.55 Å². The standard InChI is InChI=1S/C26H22ClN3O3/c27-20-9-4-8-18(14-20)19-11-12-22-23(15-19)28-26(29-24(31)17-6-2-1-3-7-17)30(25(22)32)16-21-10-5-13-33-21/h1-4,6-9,11-12,14-15,21H,5,10,13,16H2,(H,28,29,31). The van der Waals surface area contributed by atoms with Crippen molar-refractivity contribution in [2.75, 3.05) is 11.9 Å². The highest BCUT2D eigenvalue weighted by molar-refractivity contribution is 6.30. The fourth-order valence-corrected chi connectivity index (χ4v) is 4.28. The van der Waals surface area contributed by atoms with Crippen molar-refractivity contribution in [1.29, 1.82) is 0 Å². The lowest BCUT2D eigenvalue weighted by Gasteiger charge is -2.17. The highest BCUT2D eigenvalue weighted by Gasteiger charge is 2.21. The zero-order valence-corrected chi connectivity index (χ0v) is 18.6. The number of hydrogen-bond donors (Lipinski definition) is 1. The van der Waals surface area contributed by atoms with Gasteiger partial charge in [0.2, 0.25) is 5.95 Å². The number of hydrogen-bond acceptors (Lipinski definition) is 4. The second kappa shape index (κ2) is 9.17. The van der Waals surface area contributed by atoms with E-state index in [0.29, 0.717) is 34.6 Å². The van der Waals surface area contributed by atoms with E-state index in [-0.39, 0.29) is 23.5 Å². The molecular weight excluding hydrogens is 438 g/mol. The Kier molecular flexibility index (Phi) is 5.94. The molecular formula is C26H22ClN3O3. The minimum atomic E-state index is -0.325. The van der Waals surface area contributed by atoms with E-state index < -0.39 is 0 Å². The topological polar surface area (TPSA) is 73.2 Å². The van der Waals surface area contributed by atoms with E-state index in [1.807, 2.05) is 42.5 Å². The van der Waals surface area contributed by atoms with Gasteiger partial charge >= 0.3 is 0 Å². The number of ether oxygens (including phenoxy) is 1. The summed E-state index contributed by atoms with van der Waals surface area (Å²) in [6.45, 7) is 1.01. The van der Waals surface area contributed by atoms with E-state index >= 15 is 0 Å². The number of nitrogens with zero attached hydrogens (tertiary/aromatic N) is 2. The maximum absolute atomic E-state index is 13.5. The van der Waals surface area contributed by atoms with Gasteiger partial charge in [0.1, 0.15) is 0 Å². The molecule has 4 aromatic rings. The van der Waals surface area contributed by atoms with Gasteiger partial charge < -0.3 is 4.74 Å². The first-order valence-corrected chi connectivity index (χ1v) is 11.2. The minimum Gasteiger partial charge on any atom is -0.376 e. The van der Waals surface area contributed by atoms with Crippen molar-refractivity contribution >= 4 is 34.4 Å². The molecule has 1 aliphatic rings. The SMILES string of the molecule is O=C(Nc1nc2cc(-c3cccc(Cl)c3)ccc2c(=O)n1CC1CCCO1)c1ccccc1. The normalized spacial score (nSPS) is 15.6. The number of nitrogens with one attached hydrogen (secondary N) is 1. The van der Waals surface area contributed by atoms with E-state index in [2.05, 4.69) is 5.32 Å². The van der Waals surface area contributed by atoms with Crippen molar-refractivity contribution in [3.63, 3.8) is 0 Å². The zero-order chi connectivity index (χ0) is 22.8. The van der Waals surface area contributed by atoms with Crippen molar-refractivity contribution in [2.24, 2.45) is 0 Å². The third-order valence-electron chi connectivity index (χ3n) is 5.78. The molecule has 3 aromatic carbocycles. The number of carbonyl (C=O) groups is 1. The Morgan fingerprint density at radius 1 is 1.06 bits per heavy atom. The number of amides is 1. The van der Waals surface area contributed by atoms with Crippen LogP contribution in [-0.4, -0.2) is 28.2 Å². The number of fused-ring (bicyclic) bond motifs is 1. The maximum Gasteiger partial charge on any atom is 0.262 e. The summed E-state index contributed by atoms with van der Waals surface area (Å²) in [7, 11) is 0. The molecule has 0 aliphatic carbocycles. The Bertz CT molecular complexity index is 1380. The molecule has 2 heterocycles. The first-order chi connectivity index (χ1) is 16.1. The lowest BCUT2D eigenvalue weighted by molar-refractivity contribution is 0.0956. The maximum atomic E-state index is 13.5. The highest BCUT2D eigenvalue weighted by atomic mass is 35.5. The summed E-state index contributed by atoms with van der Waals surface area (Å²) in [6, 6.07) is 21.9. The van der Waals surface area contributed by atoms with Crippen molar-refractivity contribution in [2.45, 2.75) is 25.5 Å². The molecule has 7 heteroatoms. The molecule has 0 spiro atoms. The lowest BCUT2D eigenvalue weighted by Crippen LogP contribution is -2.31. The van der Waals surface area contributed by atoms with Crippen LogP contribution in [0.5, 0.6) is 0 Å². The Morgan fingerprint density at radius 3 is 2.64 bits per heavy atom. The molecule has 0 bridgehead atoms. The van der Waals surface area contributed by atoms with E-state index in [1.165, 1.54) is 4.57 Å². The van der Waals surface area contributed by atoms with E-state index in [4.69, 9.17) is 21.3 Å². The Morgan fingerprint density at radius 2 is 1.88 bits per heavy atom. The average Bonchev–Trinajstić information content (AvgIpc) is 3.35. The van der Waals surface area contributed by atoms with Crippen LogP contribution in [0.15, 0.2) is 77.6 Å². The Labute approximate surface area is 195 Å². The van der Waals surface area contributed by atoms with Crippen LogP contribution < -0.4 is 10.9 Å². The molecule has 0 saturated carbocycles. The van der Waals surface area contributed by atoms with Crippen LogP contribution in [0.4, 0.5) is 5.95 Å². The number of aromatic nitrogens is 2. The molecule has 1 unspecified atom stereocenters. The average molecular weight is 460 g/mol. The summed E-state index contributed by atoms with van der Waals surface area (Å²) in [5.41, 5.74) is 2.59. The van der Waals surface area contributed by atoms with Crippen molar-refractivity contribution in [3.05, 3.63) is 93.7 Å². The molecule has 1 aromatic heterocycles. The van der Waals surface area contributed by atoms with Gasteiger partial charge in [-0.25, -0.2) is 4.98 Å². The quantitative estimate of drug-likeness (QED) is 0.448. The molecule has 0 radical (unpaired) electrons. The minimum absolute atomic E-state index is 0.0833. The summed E-state index contributed by atoms with van der Waals surface area (Å²) in [5.74, 6) is -0.117. The Hall–Kier alpha value is -3.48. The molecule has 1 atom stereocenters. The van der Waals surface area contributed by atoms with Crippen LogP contribution in [0, 0.1) is 0 Å². The first kappa shape index (κ1) is 21.4. The Balaban J connectivity index is 1.60. The summed E-state index contributed by atoms with van der Waals surface area (Å²) < 4.78 is 7.26. The van der Waals surface area contributed by atoms with Gasteiger partial charge in [0, 0.05) is 17.2 Å². The molecule has 6 nitrogen and oxygen atoms in total. The van der Waals surface area contributed by atoms with Gasteiger partial charge in [-0.2, -0.15) is 0 Å². The third kappa shape index (κ3) is 4.53. The molecule has 1 saturated heterocycles. The number of halogens is 1. The summed E-state index contributed by atoms with van der Waals surface area (Å²) >= 11 is 6.15. The van der Waals surface area contributed by atoms with Gasteiger partial charge in [0.25, 0.3) is 11.5 Å². The van der Waals surface area contributed by atoms with Gasteiger partial charge in [0.05, 0.1) is 23.6 Å². The van der Waals surface area contributed by atoms with Crippen LogP contribution in [0.3, 0.4) is 0 Å². The number of benzene rings is 3. The van der Waals surface area contributed by atoms with E-state index in [1.54, 1.807) is 30.3 Å². The second-order valence-electron chi connectivity index (χ2n) is 8.05. The molecule has 1 amide bonds. The zero-order valence-electron chi connectivity index (χ0n) is 17.8. The first-order valence-electron chi connectivity index (χ1n) is 10.9. The largest absolute Gasteiger partial charge is 0.376 e. The number of carbonyl (C=O) groups excluding carboxylic acids is 1. The van der Waals surface area contributed by atoms with Crippen molar-refractivity contribution < 1.29 is 9.53 Å². The smallest absolute Gasteiger partial charge is 0.262 e. The van der Waals surface area contributed by atoms with E-state index in [0.717, 1.165) is 24.0 Å². The monoisotopic (exact) mass is 459 g/mol. The van der Waals surface area contributed by atoms with Gasteiger partial charge in [-0.1, -0.05) is 48.0 Å². The number of anilines is 1. The third-order valence-corrected chi connectivity index (χ3v) is 6.02. The molecule has 5 rings (SSSR count). The van der Waals surface area contributed by atoms with Crippen LogP contribution in [-0.2, 0) is 11.3 Å². The summed E-state index contributed by atoms with van der Waals surface area (Å²) in [4.78, 5) is 31.0. The van der Waals surface area contributed by atoms with Crippen LogP contribution in [0.2, 0.25) is 5.02 Å². The van der Waals surface area contributed by atoms with Crippen LogP contribution >= 0.6 is 11.6 Å². The number of rotatable bonds is 5. The second-order valence-corrected chi connectivity index (χ2v) is 8.49. The van der Waals surface area contributed by atoms with Crippen LogP contribution in [0.25, 0.3) is 22.0 Å². The van der Waals surface area contributed by atoms with Crippen molar-refractivity contribution in [3.8, 4) is 11.1 Å². The van der Waals surface area contributed by atoms with Gasteiger partial charge in [-0.3, -0.25) is 19.5 Å². The summed E-state index contributed by atoms with van der Waals surface area (Å²) in [5, 5.41) is 3.95. The van der Waals surface area contributed by atoms with E-state index in [9.17, 15) is 9.59 Å². The highest BCUT2D eigenvalue weighted by Crippen LogP contribution is 2.26. The van der Waals surface area contributed by atoms with Gasteiger partial charge in [0.15, 0.2) is 0 Å². The lowest BCUT2D eigenvalue weighted by atomic mass is 10.0. The van der Waals surface area contributed by atoms with Crippen LogP contribution in [0.1, 0.15) is 23.2 Å². The predicted octanol–water partition coefficient (Wildman–Crippen LogP) is 5.15. The molecule has 33 heavy (non-hydrogen) atoms. The fraction of sp³-hybridized carbons (Fsp3) is 0.192. The van der Waals surface area contributed by atoms with Gasteiger partial charge in [-0.05, 0) is 60.4 Å². The predicted molar refractivity (Wildman–Crippen MR) is 130 cm³/mol. The van der Waals surface area contributed by atoms with Gasteiger partial charge in [-0.15, -0.1) is 0 Å².